The molecule has 0 aliphatic heterocycles. The monoisotopic (exact) mass is 566 g/mol. The topological polar surface area (TPSA) is 57.5 Å². The van der Waals surface area contributed by atoms with E-state index in [1.165, 1.54) is 6.07 Å². The Balaban J connectivity index is 0.00000392. The van der Waals surface area contributed by atoms with Crippen molar-refractivity contribution in [3.05, 3.63) is 52.0 Å². The molecule has 156 valence electrons. The fourth-order valence-corrected chi connectivity index (χ4v) is 3.17. The maximum absolute atomic E-state index is 13.9. The third kappa shape index (κ3) is 7.67. The minimum atomic E-state index is -0.169. The molecule has 9 heteroatoms. The number of aromatic nitrogens is 2. The van der Waals surface area contributed by atoms with Gasteiger partial charge in [-0.3, -0.25) is 9.67 Å². The number of nitrogens with zero attached hydrogens (tertiary/aromatic N) is 4. The predicted molar refractivity (Wildman–Crippen MR) is 127 cm³/mol. The zero-order valence-corrected chi connectivity index (χ0v) is 20.7. The number of rotatable bonds is 8. The summed E-state index contributed by atoms with van der Waals surface area (Å²) in [4.78, 5) is 6.41. The van der Waals surface area contributed by atoms with Crippen LogP contribution in [0, 0.1) is 5.82 Å². The van der Waals surface area contributed by atoms with E-state index in [1.807, 2.05) is 45.7 Å². The van der Waals surface area contributed by atoms with Crippen LogP contribution < -0.4 is 10.6 Å². The van der Waals surface area contributed by atoms with Crippen molar-refractivity contribution in [2.75, 3.05) is 34.2 Å². The van der Waals surface area contributed by atoms with E-state index in [-0.39, 0.29) is 35.8 Å². The summed E-state index contributed by atoms with van der Waals surface area (Å²) in [7, 11) is 7.75. The maximum atomic E-state index is 13.9. The van der Waals surface area contributed by atoms with Crippen LogP contribution in [0.25, 0.3) is 0 Å². The van der Waals surface area contributed by atoms with E-state index < -0.39 is 0 Å². The third-order valence-electron chi connectivity index (χ3n) is 4.35. The smallest absolute Gasteiger partial charge is 0.191 e. The van der Waals surface area contributed by atoms with Crippen LogP contribution in [0.4, 0.5) is 4.39 Å². The van der Waals surface area contributed by atoms with Crippen LogP contribution in [0.2, 0.25) is 0 Å². The van der Waals surface area contributed by atoms with E-state index in [1.54, 1.807) is 11.7 Å². The van der Waals surface area contributed by atoms with Gasteiger partial charge in [-0.05, 0) is 44.6 Å². The first-order valence-corrected chi connectivity index (χ1v) is 9.73. The lowest BCUT2D eigenvalue weighted by Gasteiger charge is -2.24. The molecule has 0 saturated carbocycles. The van der Waals surface area contributed by atoms with Gasteiger partial charge in [-0.25, -0.2) is 4.39 Å². The van der Waals surface area contributed by atoms with Gasteiger partial charge in [0.2, 0.25) is 0 Å². The molecular weight excluding hydrogens is 538 g/mol. The Hall–Kier alpha value is -1.20. The van der Waals surface area contributed by atoms with Crippen LogP contribution in [0.15, 0.2) is 40.1 Å². The average Bonchev–Trinajstić information content (AvgIpc) is 3.04. The van der Waals surface area contributed by atoms with Crippen molar-refractivity contribution in [3.8, 4) is 0 Å². The predicted octanol–water partition coefficient (Wildman–Crippen LogP) is 3.34. The Bertz CT molecular complexity index is 765. The van der Waals surface area contributed by atoms with Gasteiger partial charge in [-0.2, -0.15) is 5.10 Å². The van der Waals surface area contributed by atoms with Gasteiger partial charge in [0.1, 0.15) is 5.82 Å². The molecule has 2 N–H and O–H groups in total. The summed E-state index contributed by atoms with van der Waals surface area (Å²) in [6.45, 7) is 1.43. The summed E-state index contributed by atoms with van der Waals surface area (Å²) in [5.74, 6) is 0.569. The number of guanidine groups is 1. The Kier molecular flexibility index (Phi) is 11.0. The normalized spacial score (nSPS) is 12.6. The Labute approximate surface area is 192 Å². The molecule has 2 aromatic rings. The van der Waals surface area contributed by atoms with Crippen LogP contribution in [-0.2, 0) is 13.5 Å². The second-order valence-electron chi connectivity index (χ2n) is 6.65. The second-order valence-corrected chi connectivity index (χ2v) is 7.56. The van der Waals surface area contributed by atoms with E-state index in [9.17, 15) is 4.39 Å². The molecule has 1 unspecified atom stereocenters. The molecule has 0 spiro atoms. The van der Waals surface area contributed by atoms with E-state index >= 15 is 0 Å². The van der Waals surface area contributed by atoms with Crippen LogP contribution in [0.1, 0.15) is 23.6 Å². The zero-order chi connectivity index (χ0) is 19.8. The average molecular weight is 567 g/mol. The number of aliphatic imine (C=N–C) groups is 1. The van der Waals surface area contributed by atoms with Gasteiger partial charge in [0.05, 0.1) is 12.2 Å². The highest BCUT2D eigenvalue weighted by Gasteiger charge is 2.16. The van der Waals surface area contributed by atoms with Gasteiger partial charge in [0.15, 0.2) is 5.96 Å². The standard InChI is InChI=1S/C19H28BrFN6.HI/c1-22-19(23-9-5-6-14-7-8-16(20)10-17(14)21)24-12-18(26(2)3)15-11-25-27(4)13-15;/h7-8,10-11,13,18H,5-6,9,12H2,1-4H3,(H2,22,23,24);1H. The summed E-state index contributed by atoms with van der Waals surface area (Å²) in [5.41, 5.74) is 1.88. The van der Waals surface area contributed by atoms with E-state index in [0.717, 1.165) is 28.0 Å². The van der Waals surface area contributed by atoms with Crippen molar-refractivity contribution in [1.82, 2.24) is 25.3 Å². The number of likely N-dealkylation sites (N-methyl/N-ethyl adjacent to an activating group) is 1. The lowest BCUT2D eigenvalue weighted by molar-refractivity contribution is 0.298. The van der Waals surface area contributed by atoms with E-state index in [2.05, 4.69) is 41.6 Å². The van der Waals surface area contributed by atoms with Gasteiger partial charge in [0, 0.05) is 43.4 Å². The molecule has 0 aliphatic rings. The van der Waals surface area contributed by atoms with Crippen molar-refractivity contribution < 1.29 is 4.39 Å². The molecule has 1 aromatic carbocycles. The minimum absolute atomic E-state index is 0. The summed E-state index contributed by atoms with van der Waals surface area (Å²) >= 11 is 3.28. The zero-order valence-electron chi connectivity index (χ0n) is 16.7. The van der Waals surface area contributed by atoms with Gasteiger partial charge < -0.3 is 15.5 Å². The molecular formula is C19H29BrFIN6. The van der Waals surface area contributed by atoms with Gasteiger partial charge in [0.25, 0.3) is 0 Å². The highest BCUT2D eigenvalue weighted by Crippen LogP contribution is 2.17. The summed E-state index contributed by atoms with van der Waals surface area (Å²) in [6.07, 6.45) is 5.41. The van der Waals surface area contributed by atoms with Gasteiger partial charge in [-0.15, -0.1) is 24.0 Å². The number of halogens is 3. The third-order valence-corrected chi connectivity index (χ3v) is 4.84. The van der Waals surface area contributed by atoms with E-state index in [4.69, 9.17) is 0 Å². The SMILES string of the molecule is CN=C(NCCCc1ccc(Br)cc1F)NCC(c1cnn(C)c1)N(C)C.I. The molecule has 0 bridgehead atoms. The highest BCUT2D eigenvalue weighted by molar-refractivity contribution is 14.0. The molecule has 0 saturated heterocycles. The molecule has 0 amide bonds. The highest BCUT2D eigenvalue weighted by atomic mass is 127. The maximum Gasteiger partial charge on any atom is 0.191 e. The molecule has 0 radical (unpaired) electrons. The lowest BCUT2D eigenvalue weighted by atomic mass is 10.1. The number of hydrogen-bond acceptors (Lipinski definition) is 3. The van der Waals surface area contributed by atoms with Crippen molar-refractivity contribution >= 4 is 45.9 Å². The van der Waals surface area contributed by atoms with Crippen molar-refractivity contribution in [3.63, 3.8) is 0 Å². The molecule has 1 aromatic heterocycles. The largest absolute Gasteiger partial charge is 0.356 e. The van der Waals surface area contributed by atoms with E-state index in [0.29, 0.717) is 19.5 Å². The first-order valence-electron chi connectivity index (χ1n) is 8.94. The first kappa shape index (κ1) is 24.8. The molecule has 6 nitrogen and oxygen atoms in total. The number of nitrogens with one attached hydrogen (secondary N) is 2. The second kappa shape index (κ2) is 12.4. The quantitative estimate of drug-likeness (QED) is 0.223. The fraction of sp³-hybridized carbons (Fsp3) is 0.474. The summed E-state index contributed by atoms with van der Waals surface area (Å²) in [6, 6.07) is 5.38. The van der Waals surface area contributed by atoms with Crippen LogP contribution >= 0.6 is 39.9 Å². The summed E-state index contributed by atoms with van der Waals surface area (Å²) < 4.78 is 16.4. The Morgan fingerprint density at radius 2 is 2.11 bits per heavy atom. The molecule has 0 fully saturated rings. The summed E-state index contributed by atoms with van der Waals surface area (Å²) in [5, 5.41) is 10.9. The lowest BCUT2D eigenvalue weighted by Crippen LogP contribution is -2.42. The molecule has 2 rings (SSSR count). The number of hydrogen-bond donors (Lipinski definition) is 2. The fourth-order valence-electron chi connectivity index (χ4n) is 2.83. The van der Waals surface area contributed by atoms with Crippen molar-refractivity contribution in [1.29, 1.82) is 0 Å². The van der Waals surface area contributed by atoms with Gasteiger partial charge in [-0.1, -0.05) is 22.0 Å². The van der Waals surface area contributed by atoms with Gasteiger partial charge >= 0.3 is 0 Å². The minimum Gasteiger partial charge on any atom is -0.356 e. The van der Waals surface area contributed by atoms with Crippen LogP contribution in [-0.4, -0.2) is 54.9 Å². The molecule has 0 aliphatic carbocycles. The Morgan fingerprint density at radius 3 is 2.68 bits per heavy atom. The molecule has 1 atom stereocenters. The number of aryl methyl sites for hydroxylation is 2. The molecule has 1 heterocycles. The number of benzene rings is 1. The van der Waals surface area contributed by atoms with Crippen molar-refractivity contribution in [2.45, 2.75) is 18.9 Å². The van der Waals surface area contributed by atoms with Crippen molar-refractivity contribution in [2.24, 2.45) is 12.0 Å². The van der Waals surface area contributed by atoms with Crippen LogP contribution in [0.5, 0.6) is 0 Å². The molecule has 28 heavy (non-hydrogen) atoms. The Morgan fingerprint density at radius 1 is 1.36 bits per heavy atom. The van der Waals surface area contributed by atoms with Crippen LogP contribution in [0.3, 0.4) is 0 Å². The first-order chi connectivity index (χ1) is 12.9.